The van der Waals surface area contributed by atoms with E-state index in [4.69, 9.17) is 5.73 Å². The van der Waals surface area contributed by atoms with Crippen molar-refractivity contribution in [2.75, 3.05) is 7.11 Å². The molecule has 0 aromatic carbocycles. The maximum atomic E-state index is 9.90. The standard InChI is InChI=1S/C3H8N2O2/c1-7-3(5)2(4)6/h3H,5H2,1H3,(H2,4,6)/t3-/m0/s1. The van der Waals surface area contributed by atoms with Gasteiger partial charge in [0.2, 0.25) is 0 Å². The zero-order valence-corrected chi connectivity index (χ0v) is 4.05. The van der Waals surface area contributed by atoms with Crippen molar-refractivity contribution in [1.29, 1.82) is 0 Å². The van der Waals surface area contributed by atoms with Crippen molar-refractivity contribution in [3.8, 4) is 0 Å². The van der Waals surface area contributed by atoms with Crippen LogP contribution in [0.3, 0.4) is 0 Å². The maximum Gasteiger partial charge on any atom is 0.261 e. The van der Waals surface area contributed by atoms with E-state index in [1.54, 1.807) is 0 Å². The minimum atomic E-state index is -0.958. The number of ether oxygens (including phenoxy) is 1. The van der Waals surface area contributed by atoms with Gasteiger partial charge in [-0.25, -0.2) is 0 Å². The quantitative estimate of drug-likeness (QED) is 0.414. The third-order valence-electron chi connectivity index (χ3n) is 0.534. The minimum Gasteiger partial charge on any atom is -0.366 e. The van der Waals surface area contributed by atoms with E-state index in [1.165, 1.54) is 7.11 Å². The topological polar surface area (TPSA) is 78.3 Å². The third kappa shape index (κ3) is 2.13. The van der Waals surface area contributed by atoms with E-state index in [9.17, 15) is 4.79 Å². The fourth-order valence-electron chi connectivity index (χ4n) is 0.116. The van der Waals surface area contributed by atoms with Crippen LogP contribution in [-0.4, -0.2) is 19.2 Å². The van der Waals surface area contributed by atoms with E-state index in [0.717, 1.165) is 0 Å². The smallest absolute Gasteiger partial charge is 0.261 e. The predicted molar refractivity (Wildman–Crippen MR) is 24.2 cm³/mol. The Balaban J connectivity index is 3.34. The molecule has 0 saturated heterocycles. The summed E-state index contributed by atoms with van der Waals surface area (Å²) >= 11 is 0. The molecule has 0 spiro atoms. The lowest BCUT2D eigenvalue weighted by molar-refractivity contribution is -0.127. The van der Waals surface area contributed by atoms with Gasteiger partial charge in [0, 0.05) is 7.11 Å². The first-order valence-electron chi connectivity index (χ1n) is 1.76. The molecule has 0 aliphatic carbocycles. The van der Waals surface area contributed by atoms with E-state index in [2.05, 4.69) is 10.5 Å². The Labute approximate surface area is 41.4 Å². The fourth-order valence-corrected chi connectivity index (χ4v) is 0.116. The highest BCUT2D eigenvalue weighted by Gasteiger charge is 2.03. The molecule has 4 heteroatoms. The molecule has 1 amide bonds. The predicted octanol–water partition coefficient (Wildman–Crippen LogP) is -1.60. The molecular formula is C3H8N2O2. The second-order valence-electron chi connectivity index (χ2n) is 1.06. The highest BCUT2D eigenvalue weighted by Crippen LogP contribution is 1.71. The van der Waals surface area contributed by atoms with E-state index in [-0.39, 0.29) is 0 Å². The highest BCUT2D eigenvalue weighted by atomic mass is 16.5. The van der Waals surface area contributed by atoms with Crippen LogP contribution in [-0.2, 0) is 9.53 Å². The molecule has 4 N–H and O–H groups in total. The normalized spacial score (nSPS) is 13.4. The number of carbonyl (C=O) groups is 1. The number of amides is 1. The Morgan fingerprint density at radius 3 is 2.29 bits per heavy atom. The summed E-state index contributed by atoms with van der Waals surface area (Å²) in [6, 6.07) is 0. The number of primary amides is 1. The molecule has 0 saturated carbocycles. The second kappa shape index (κ2) is 2.54. The molecule has 0 aromatic rings. The highest BCUT2D eigenvalue weighted by molar-refractivity contribution is 5.77. The summed E-state index contributed by atoms with van der Waals surface area (Å²) in [4.78, 5) is 9.90. The average molecular weight is 104 g/mol. The fraction of sp³-hybridized carbons (Fsp3) is 0.667. The maximum absolute atomic E-state index is 9.90. The first-order valence-corrected chi connectivity index (χ1v) is 1.76. The van der Waals surface area contributed by atoms with Gasteiger partial charge < -0.3 is 10.5 Å². The van der Waals surface area contributed by atoms with Crippen molar-refractivity contribution < 1.29 is 9.53 Å². The number of nitrogens with two attached hydrogens (primary N) is 2. The number of hydrogen-bond donors (Lipinski definition) is 2. The van der Waals surface area contributed by atoms with Crippen molar-refractivity contribution in [2.24, 2.45) is 11.5 Å². The van der Waals surface area contributed by atoms with E-state index >= 15 is 0 Å². The summed E-state index contributed by atoms with van der Waals surface area (Å²) in [5.41, 5.74) is 9.58. The number of rotatable bonds is 2. The van der Waals surface area contributed by atoms with Gasteiger partial charge in [-0.15, -0.1) is 0 Å². The molecule has 42 valence electrons. The molecule has 0 aliphatic heterocycles. The second-order valence-corrected chi connectivity index (χ2v) is 1.06. The van der Waals surface area contributed by atoms with Crippen LogP contribution in [0.25, 0.3) is 0 Å². The molecule has 0 rings (SSSR count). The SMILES string of the molecule is CO[C@H](N)C(N)=O. The summed E-state index contributed by atoms with van der Waals surface area (Å²) in [6.45, 7) is 0. The van der Waals surface area contributed by atoms with Crippen LogP contribution in [0.2, 0.25) is 0 Å². The monoisotopic (exact) mass is 104 g/mol. The molecule has 0 heterocycles. The summed E-state index contributed by atoms with van der Waals surface area (Å²) in [6.07, 6.45) is -0.958. The van der Waals surface area contributed by atoms with Crippen molar-refractivity contribution in [3.63, 3.8) is 0 Å². The summed E-state index contributed by atoms with van der Waals surface area (Å²) in [7, 11) is 1.31. The van der Waals surface area contributed by atoms with Crippen LogP contribution in [0.1, 0.15) is 0 Å². The molecule has 1 atom stereocenters. The van der Waals surface area contributed by atoms with Gasteiger partial charge in [0.1, 0.15) is 0 Å². The molecule has 0 bridgehead atoms. The molecule has 0 fully saturated rings. The molecule has 0 unspecified atom stereocenters. The van der Waals surface area contributed by atoms with Gasteiger partial charge in [-0.05, 0) is 0 Å². The zero-order chi connectivity index (χ0) is 5.86. The molecule has 0 radical (unpaired) electrons. The molecular weight excluding hydrogens is 96.0 g/mol. The van der Waals surface area contributed by atoms with Gasteiger partial charge in [-0.3, -0.25) is 10.5 Å². The Morgan fingerprint density at radius 2 is 2.29 bits per heavy atom. The van der Waals surface area contributed by atoms with Crippen LogP contribution >= 0.6 is 0 Å². The first-order chi connectivity index (χ1) is 3.18. The molecule has 0 aliphatic rings. The summed E-state index contributed by atoms with van der Waals surface area (Å²) in [5.74, 6) is -0.650. The van der Waals surface area contributed by atoms with Gasteiger partial charge in [0.25, 0.3) is 5.91 Å². The van der Waals surface area contributed by atoms with E-state index in [1.807, 2.05) is 0 Å². The third-order valence-corrected chi connectivity index (χ3v) is 0.534. The Bertz CT molecular complexity index is 73.3. The number of methoxy groups -OCH3 is 1. The summed E-state index contributed by atoms with van der Waals surface area (Å²) < 4.78 is 4.31. The van der Waals surface area contributed by atoms with Gasteiger partial charge in [0.15, 0.2) is 6.23 Å². The molecule has 0 aromatic heterocycles. The lowest BCUT2D eigenvalue weighted by atomic mass is 10.6. The van der Waals surface area contributed by atoms with Crippen LogP contribution in [0.5, 0.6) is 0 Å². The van der Waals surface area contributed by atoms with Crippen molar-refractivity contribution in [2.45, 2.75) is 6.23 Å². The zero-order valence-electron chi connectivity index (χ0n) is 4.05. The average Bonchev–Trinajstić information content (AvgIpc) is 1.65. The van der Waals surface area contributed by atoms with E-state index in [0.29, 0.717) is 0 Å². The number of carbonyl (C=O) groups excluding carboxylic acids is 1. The number of hydrogen-bond acceptors (Lipinski definition) is 3. The van der Waals surface area contributed by atoms with Crippen molar-refractivity contribution in [3.05, 3.63) is 0 Å². The molecule has 4 nitrogen and oxygen atoms in total. The Morgan fingerprint density at radius 1 is 1.86 bits per heavy atom. The lowest BCUT2D eigenvalue weighted by Crippen LogP contribution is -2.37. The Kier molecular flexibility index (Phi) is 2.32. The van der Waals surface area contributed by atoms with Crippen molar-refractivity contribution >= 4 is 5.91 Å². The first kappa shape index (κ1) is 6.39. The largest absolute Gasteiger partial charge is 0.366 e. The van der Waals surface area contributed by atoms with E-state index < -0.39 is 12.1 Å². The Hall–Kier alpha value is -0.610. The van der Waals surface area contributed by atoms with Gasteiger partial charge in [-0.2, -0.15) is 0 Å². The van der Waals surface area contributed by atoms with Gasteiger partial charge in [-0.1, -0.05) is 0 Å². The molecule has 7 heavy (non-hydrogen) atoms. The van der Waals surface area contributed by atoms with Crippen LogP contribution in [0, 0.1) is 0 Å². The lowest BCUT2D eigenvalue weighted by Gasteiger charge is -2.00. The van der Waals surface area contributed by atoms with Crippen LogP contribution < -0.4 is 11.5 Å². The van der Waals surface area contributed by atoms with Crippen LogP contribution in [0.15, 0.2) is 0 Å². The van der Waals surface area contributed by atoms with Gasteiger partial charge in [0.05, 0.1) is 0 Å². The van der Waals surface area contributed by atoms with Crippen LogP contribution in [0.4, 0.5) is 0 Å². The summed E-state index contributed by atoms with van der Waals surface area (Å²) in [5, 5.41) is 0. The van der Waals surface area contributed by atoms with Crippen molar-refractivity contribution in [1.82, 2.24) is 0 Å². The van der Waals surface area contributed by atoms with Gasteiger partial charge >= 0.3 is 0 Å². The minimum absolute atomic E-state index is 0.650.